The van der Waals surface area contributed by atoms with Gasteiger partial charge < -0.3 is 10.1 Å². The summed E-state index contributed by atoms with van der Waals surface area (Å²) in [5.41, 5.74) is 1.45. The summed E-state index contributed by atoms with van der Waals surface area (Å²) < 4.78 is 18.9. The highest BCUT2D eigenvalue weighted by Gasteiger charge is 2.17. The van der Waals surface area contributed by atoms with Crippen molar-refractivity contribution in [3.05, 3.63) is 65.7 Å². The van der Waals surface area contributed by atoms with E-state index < -0.39 is 11.1 Å². The molecule has 0 aliphatic carbocycles. The van der Waals surface area contributed by atoms with Gasteiger partial charge in [0.05, 0.1) is 5.25 Å². The number of halogens is 1. The number of amides is 1. The molecule has 2 N–H and O–H groups in total. The summed E-state index contributed by atoms with van der Waals surface area (Å²) in [7, 11) is 0. The van der Waals surface area contributed by atoms with Crippen LogP contribution in [0.5, 0.6) is 5.75 Å². The van der Waals surface area contributed by atoms with Crippen molar-refractivity contribution >= 4 is 23.4 Å². The number of aryl methyl sites for hydroxylation is 1. The Hall–Kier alpha value is -2.87. The number of thioether (sulfide) groups is 1. The molecule has 3 aromatic rings. The van der Waals surface area contributed by atoms with Gasteiger partial charge in [0.25, 0.3) is 0 Å². The molecule has 0 spiro atoms. The summed E-state index contributed by atoms with van der Waals surface area (Å²) in [6, 6.07) is 13.5. The van der Waals surface area contributed by atoms with Gasteiger partial charge in [0.15, 0.2) is 5.82 Å². The first kappa shape index (κ1) is 18.9. The first-order valence-electron chi connectivity index (χ1n) is 8.34. The van der Waals surface area contributed by atoms with Crippen molar-refractivity contribution in [1.29, 1.82) is 0 Å². The number of H-pyrrole nitrogens is 1. The van der Waals surface area contributed by atoms with E-state index in [9.17, 15) is 9.18 Å². The maximum atomic E-state index is 13.2. The topological polar surface area (TPSA) is 79.9 Å². The molecule has 3 rings (SSSR count). The lowest BCUT2D eigenvalue weighted by atomic mass is 10.2. The second-order valence-corrected chi connectivity index (χ2v) is 7.19. The van der Waals surface area contributed by atoms with Crippen LogP contribution < -0.4 is 10.1 Å². The van der Waals surface area contributed by atoms with Crippen LogP contribution in [0.25, 0.3) is 0 Å². The Morgan fingerprint density at radius 1 is 1.30 bits per heavy atom. The third kappa shape index (κ3) is 5.30. The third-order valence-electron chi connectivity index (χ3n) is 3.71. The largest absolute Gasteiger partial charge is 0.485 e. The average molecular weight is 386 g/mol. The van der Waals surface area contributed by atoms with E-state index in [0.717, 1.165) is 11.3 Å². The van der Waals surface area contributed by atoms with Gasteiger partial charge in [-0.25, -0.2) is 9.37 Å². The maximum absolute atomic E-state index is 13.2. The lowest BCUT2D eigenvalue weighted by Crippen LogP contribution is -2.22. The molecule has 0 saturated heterocycles. The van der Waals surface area contributed by atoms with E-state index in [1.54, 1.807) is 19.1 Å². The second-order valence-electron chi connectivity index (χ2n) is 5.88. The number of rotatable bonds is 7. The van der Waals surface area contributed by atoms with Crippen LogP contribution in [0, 0.1) is 12.7 Å². The average Bonchev–Trinajstić information content (AvgIpc) is 3.08. The summed E-state index contributed by atoms with van der Waals surface area (Å²) in [6.07, 6.45) is 0. The molecular formula is C19H19FN4O2S. The second kappa shape index (κ2) is 8.68. The van der Waals surface area contributed by atoms with Gasteiger partial charge in [-0.15, -0.1) is 5.10 Å². The fourth-order valence-corrected chi connectivity index (χ4v) is 3.02. The van der Waals surface area contributed by atoms with Gasteiger partial charge in [0.2, 0.25) is 11.1 Å². The number of carbonyl (C=O) groups excluding carboxylic acids is 1. The van der Waals surface area contributed by atoms with Crippen LogP contribution in [0.15, 0.2) is 53.7 Å². The summed E-state index contributed by atoms with van der Waals surface area (Å²) in [4.78, 5) is 16.6. The zero-order chi connectivity index (χ0) is 19.2. The molecule has 0 bridgehead atoms. The Balaban J connectivity index is 1.53. The van der Waals surface area contributed by atoms with Crippen molar-refractivity contribution < 1.29 is 13.9 Å². The van der Waals surface area contributed by atoms with Gasteiger partial charge in [-0.1, -0.05) is 36.0 Å². The molecule has 27 heavy (non-hydrogen) atoms. The molecule has 1 amide bonds. The van der Waals surface area contributed by atoms with Crippen LogP contribution in [0.3, 0.4) is 0 Å². The molecule has 0 radical (unpaired) electrons. The van der Waals surface area contributed by atoms with E-state index in [1.807, 2.05) is 31.2 Å². The fourth-order valence-electron chi connectivity index (χ4n) is 2.28. The van der Waals surface area contributed by atoms with Crippen LogP contribution in [0.2, 0.25) is 0 Å². The first-order valence-corrected chi connectivity index (χ1v) is 9.22. The smallest absolute Gasteiger partial charge is 0.237 e. The molecule has 2 aromatic carbocycles. The van der Waals surface area contributed by atoms with E-state index in [2.05, 4.69) is 20.5 Å². The van der Waals surface area contributed by atoms with Crippen LogP contribution >= 0.6 is 11.8 Å². The number of carbonyl (C=O) groups is 1. The summed E-state index contributed by atoms with van der Waals surface area (Å²) >= 11 is 1.21. The molecule has 8 heteroatoms. The van der Waals surface area contributed by atoms with E-state index >= 15 is 0 Å². The van der Waals surface area contributed by atoms with Crippen LogP contribution in [-0.2, 0) is 11.4 Å². The van der Waals surface area contributed by atoms with Gasteiger partial charge in [0.1, 0.15) is 18.2 Å². The first-order chi connectivity index (χ1) is 13.0. The quantitative estimate of drug-likeness (QED) is 0.601. The van der Waals surface area contributed by atoms with Crippen molar-refractivity contribution in [3.63, 3.8) is 0 Å². The molecule has 1 heterocycles. The van der Waals surface area contributed by atoms with E-state index in [-0.39, 0.29) is 12.5 Å². The number of hydrogen-bond acceptors (Lipinski definition) is 5. The normalized spacial score (nSPS) is 11.8. The Bertz CT molecular complexity index is 931. The highest BCUT2D eigenvalue weighted by atomic mass is 32.2. The number of para-hydroxylation sites is 1. The Labute approximate surface area is 160 Å². The number of ether oxygens (including phenoxy) is 1. The van der Waals surface area contributed by atoms with E-state index in [4.69, 9.17) is 4.74 Å². The summed E-state index contributed by atoms with van der Waals surface area (Å²) in [5, 5.41) is 9.58. The van der Waals surface area contributed by atoms with Crippen LogP contribution in [0.4, 0.5) is 10.1 Å². The number of nitrogens with one attached hydrogen (secondary N) is 2. The van der Waals surface area contributed by atoms with Crippen molar-refractivity contribution in [1.82, 2.24) is 15.2 Å². The molecule has 0 fully saturated rings. The summed E-state index contributed by atoms with van der Waals surface area (Å²) in [6.45, 7) is 3.96. The lowest BCUT2D eigenvalue weighted by molar-refractivity contribution is -0.115. The third-order valence-corrected chi connectivity index (χ3v) is 4.67. The number of nitrogens with zero attached hydrogens (tertiary/aromatic N) is 2. The SMILES string of the molecule is Cc1ccccc1OCc1nc(S[C@@H](C)C(=O)Nc2cccc(F)c2)n[nH]1. The minimum atomic E-state index is -0.450. The predicted molar refractivity (Wildman–Crippen MR) is 102 cm³/mol. The van der Waals surface area contributed by atoms with E-state index in [1.165, 1.54) is 23.9 Å². The highest BCUT2D eigenvalue weighted by molar-refractivity contribution is 8.00. The van der Waals surface area contributed by atoms with Crippen molar-refractivity contribution in [2.45, 2.75) is 30.9 Å². The minimum absolute atomic E-state index is 0.252. The number of hydrogen-bond donors (Lipinski definition) is 2. The van der Waals surface area contributed by atoms with Crippen molar-refractivity contribution in [2.75, 3.05) is 5.32 Å². The summed E-state index contributed by atoms with van der Waals surface area (Å²) in [5.74, 6) is 0.693. The van der Waals surface area contributed by atoms with Crippen molar-refractivity contribution in [3.8, 4) is 5.75 Å². The molecule has 0 aliphatic rings. The molecule has 1 aromatic heterocycles. The zero-order valence-corrected chi connectivity index (χ0v) is 15.7. The fraction of sp³-hybridized carbons (Fsp3) is 0.211. The standard InChI is InChI=1S/C19H19FN4O2S/c1-12-6-3-4-9-16(12)26-11-17-22-19(24-23-17)27-13(2)18(25)21-15-8-5-7-14(20)10-15/h3-10,13H,11H2,1-2H3,(H,21,25)(H,22,23,24)/t13-/m0/s1. The molecule has 1 atom stereocenters. The molecule has 6 nitrogen and oxygen atoms in total. The minimum Gasteiger partial charge on any atom is -0.485 e. The number of anilines is 1. The maximum Gasteiger partial charge on any atom is 0.237 e. The number of aromatic amines is 1. The Kier molecular flexibility index (Phi) is 6.08. The van der Waals surface area contributed by atoms with Gasteiger partial charge in [-0.3, -0.25) is 9.89 Å². The molecule has 140 valence electrons. The van der Waals surface area contributed by atoms with Crippen LogP contribution in [0.1, 0.15) is 18.3 Å². The number of benzene rings is 2. The Morgan fingerprint density at radius 2 is 2.11 bits per heavy atom. The zero-order valence-electron chi connectivity index (χ0n) is 14.9. The lowest BCUT2D eigenvalue weighted by Gasteiger charge is -2.10. The van der Waals surface area contributed by atoms with Gasteiger partial charge in [-0.05, 0) is 43.7 Å². The van der Waals surface area contributed by atoms with Crippen LogP contribution in [-0.4, -0.2) is 26.3 Å². The molecule has 0 aliphatic heterocycles. The van der Waals surface area contributed by atoms with Crippen molar-refractivity contribution in [2.24, 2.45) is 0 Å². The predicted octanol–water partition coefficient (Wildman–Crippen LogP) is 3.95. The van der Waals surface area contributed by atoms with E-state index in [0.29, 0.717) is 16.7 Å². The number of aromatic nitrogens is 3. The highest BCUT2D eigenvalue weighted by Crippen LogP contribution is 2.22. The van der Waals surface area contributed by atoms with Gasteiger partial charge in [0, 0.05) is 5.69 Å². The molecular weight excluding hydrogens is 367 g/mol. The van der Waals surface area contributed by atoms with Gasteiger partial charge >= 0.3 is 0 Å². The van der Waals surface area contributed by atoms with Gasteiger partial charge in [-0.2, -0.15) is 0 Å². The Morgan fingerprint density at radius 3 is 2.89 bits per heavy atom. The molecule has 0 unspecified atom stereocenters. The monoisotopic (exact) mass is 386 g/mol. The molecule has 0 saturated carbocycles.